The third-order valence-electron chi connectivity index (χ3n) is 5.70. The second-order valence-electron chi connectivity index (χ2n) is 8.57. The molecule has 1 saturated heterocycles. The third-order valence-corrected chi connectivity index (χ3v) is 5.70. The van der Waals surface area contributed by atoms with Crippen LogP contribution in [0.3, 0.4) is 0 Å². The maximum absolute atomic E-state index is 11.2. The number of hydrogen-bond acceptors (Lipinski definition) is 4. The quantitative estimate of drug-likeness (QED) is 0.728. The largest absolute Gasteiger partial charge is 0.494 e. The summed E-state index contributed by atoms with van der Waals surface area (Å²) < 4.78 is 12.1. The predicted octanol–water partition coefficient (Wildman–Crippen LogP) is 1.99. The summed E-state index contributed by atoms with van der Waals surface area (Å²) in [6.45, 7) is 9.73. The van der Waals surface area contributed by atoms with Gasteiger partial charge in [0.2, 0.25) is 0 Å². The Kier molecular flexibility index (Phi) is 3.98. The number of amides is 1. The highest BCUT2D eigenvalue weighted by atomic mass is 16.7. The Bertz CT molecular complexity index is 659. The maximum atomic E-state index is 11.2. The van der Waals surface area contributed by atoms with Crippen LogP contribution in [0, 0.1) is 0 Å². The molecule has 1 aliphatic carbocycles. The Hall–Kier alpha value is -1.57. The van der Waals surface area contributed by atoms with Crippen molar-refractivity contribution in [1.29, 1.82) is 0 Å². The molecule has 1 aromatic carbocycles. The van der Waals surface area contributed by atoms with E-state index in [0.717, 1.165) is 11.0 Å². The molecule has 1 saturated carbocycles. The zero-order chi connectivity index (χ0) is 18.7. The fourth-order valence-corrected chi connectivity index (χ4v) is 3.76. The normalized spacial score (nSPS) is 33.0. The molecule has 2 aliphatic rings. The molecule has 0 aromatic heterocycles. The summed E-state index contributed by atoms with van der Waals surface area (Å²) >= 11 is 0. The van der Waals surface area contributed by atoms with Crippen LogP contribution in [-0.2, 0) is 14.8 Å². The monoisotopic (exact) mass is 347 g/mol. The molecule has 0 unspecified atom stereocenters. The van der Waals surface area contributed by atoms with E-state index in [9.17, 15) is 9.90 Å². The van der Waals surface area contributed by atoms with E-state index in [-0.39, 0.29) is 0 Å². The van der Waals surface area contributed by atoms with Gasteiger partial charge in [-0.15, -0.1) is 0 Å². The van der Waals surface area contributed by atoms with Gasteiger partial charge in [-0.3, -0.25) is 0 Å². The minimum atomic E-state index is -1.09. The average molecular weight is 347 g/mol. The molecule has 0 radical (unpaired) electrons. The lowest BCUT2D eigenvalue weighted by atomic mass is 9.62. The predicted molar refractivity (Wildman–Crippen MR) is 94.9 cm³/mol. The molecule has 1 heterocycles. The molecule has 6 nitrogen and oxygen atoms in total. The lowest BCUT2D eigenvalue weighted by Crippen LogP contribution is -2.61. The van der Waals surface area contributed by atoms with Crippen LogP contribution in [0.25, 0.3) is 0 Å². The molecule has 25 heavy (non-hydrogen) atoms. The van der Waals surface area contributed by atoms with Gasteiger partial charge < -0.3 is 24.8 Å². The van der Waals surface area contributed by atoms with Gasteiger partial charge in [0.15, 0.2) is 0 Å². The zero-order valence-electron chi connectivity index (χ0n) is 15.4. The van der Waals surface area contributed by atoms with Gasteiger partial charge in [-0.1, -0.05) is 24.3 Å². The van der Waals surface area contributed by atoms with Crippen LogP contribution >= 0.6 is 0 Å². The lowest BCUT2D eigenvalue weighted by molar-refractivity contribution is -0.0858. The number of carbonyl (C=O) groups is 1. The summed E-state index contributed by atoms with van der Waals surface area (Å²) in [5.41, 5.74) is -0.693. The summed E-state index contributed by atoms with van der Waals surface area (Å²) in [4.78, 5) is 11.2. The first-order valence-electron chi connectivity index (χ1n) is 8.56. The van der Waals surface area contributed by atoms with Crippen molar-refractivity contribution in [2.45, 2.75) is 69.8 Å². The Balaban J connectivity index is 1.82. The minimum absolute atomic E-state index is 0.349. The zero-order valence-corrected chi connectivity index (χ0v) is 15.4. The number of aliphatic hydroxyl groups is 1. The Morgan fingerprint density at radius 3 is 1.92 bits per heavy atom. The highest BCUT2D eigenvalue weighted by molar-refractivity contribution is 6.62. The molecule has 0 spiro atoms. The highest BCUT2D eigenvalue weighted by Gasteiger charge is 2.54. The van der Waals surface area contributed by atoms with Crippen LogP contribution < -0.4 is 10.8 Å². The van der Waals surface area contributed by atoms with Crippen molar-refractivity contribution in [1.82, 2.24) is 5.32 Å². The van der Waals surface area contributed by atoms with Crippen LogP contribution in [-0.4, -0.2) is 40.2 Å². The molecule has 1 aromatic rings. The summed E-state index contributed by atoms with van der Waals surface area (Å²) in [5, 5.41) is 21.8. The molecule has 1 amide bonds. The molecule has 3 rings (SSSR count). The van der Waals surface area contributed by atoms with Gasteiger partial charge in [0.25, 0.3) is 0 Å². The van der Waals surface area contributed by atoms with Gasteiger partial charge in [-0.25, -0.2) is 4.79 Å². The average Bonchev–Trinajstić information content (AvgIpc) is 2.64. The Morgan fingerprint density at radius 2 is 1.52 bits per heavy atom. The highest BCUT2D eigenvalue weighted by Crippen LogP contribution is 2.48. The topological polar surface area (TPSA) is 88.0 Å². The standard InChI is InChI=1S/C18H26BNO5/c1-15(2)16(3,4)25-19(24-15)13-8-6-12(7-9-13)18(20-14(21)22)10-17(5,23)11-18/h6-9,20,23H,10-11H2,1-5H3,(H,21,22)/t17-,18-. The number of carboxylic acid groups (broad SMARTS) is 1. The van der Waals surface area contributed by atoms with E-state index in [2.05, 4.69) is 5.32 Å². The SMILES string of the molecule is CC1(C)OB(c2ccc([C@]3(NC(=O)O)C[C@](C)(O)C3)cc2)OC1(C)C. The summed E-state index contributed by atoms with van der Waals surface area (Å²) in [6, 6.07) is 7.56. The Morgan fingerprint density at radius 1 is 1.04 bits per heavy atom. The molecular formula is C18H26BNO5. The van der Waals surface area contributed by atoms with Crippen molar-refractivity contribution in [2.24, 2.45) is 0 Å². The summed E-state index contributed by atoms with van der Waals surface area (Å²) in [7, 11) is -0.452. The van der Waals surface area contributed by atoms with Crippen LogP contribution in [0.1, 0.15) is 53.0 Å². The molecule has 2 fully saturated rings. The number of hydrogen-bond donors (Lipinski definition) is 3. The van der Waals surface area contributed by atoms with Crippen LogP contribution in [0.15, 0.2) is 24.3 Å². The van der Waals surface area contributed by atoms with Crippen molar-refractivity contribution in [2.75, 3.05) is 0 Å². The molecule has 0 bridgehead atoms. The molecular weight excluding hydrogens is 321 g/mol. The first-order chi connectivity index (χ1) is 11.4. The van der Waals surface area contributed by atoms with Crippen molar-refractivity contribution in [3.8, 4) is 0 Å². The van der Waals surface area contributed by atoms with E-state index in [0.29, 0.717) is 12.8 Å². The van der Waals surface area contributed by atoms with E-state index in [1.54, 1.807) is 6.92 Å². The summed E-state index contributed by atoms with van der Waals surface area (Å²) in [5.74, 6) is 0. The van der Waals surface area contributed by atoms with Crippen molar-refractivity contribution in [3.05, 3.63) is 29.8 Å². The molecule has 0 atom stereocenters. The van der Waals surface area contributed by atoms with E-state index >= 15 is 0 Å². The number of nitrogens with one attached hydrogen (secondary N) is 1. The molecule has 7 heteroatoms. The smallest absolute Gasteiger partial charge is 0.465 e. The maximum Gasteiger partial charge on any atom is 0.494 e. The van der Waals surface area contributed by atoms with Crippen LogP contribution in [0.4, 0.5) is 4.79 Å². The third kappa shape index (κ3) is 3.16. The van der Waals surface area contributed by atoms with Gasteiger partial charge in [-0.2, -0.15) is 0 Å². The van der Waals surface area contributed by atoms with Gasteiger partial charge in [0.05, 0.1) is 22.3 Å². The fourth-order valence-electron chi connectivity index (χ4n) is 3.76. The first-order valence-corrected chi connectivity index (χ1v) is 8.56. The molecule has 136 valence electrons. The fraction of sp³-hybridized carbons (Fsp3) is 0.611. The van der Waals surface area contributed by atoms with Crippen molar-refractivity contribution < 1.29 is 24.3 Å². The van der Waals surface area contributed by atoms with E-state index in [1.807, 2.05) is 52.0 Å². The minimum Gasteiger partial charge on any atom is -0.465 e. The van der Waals surface area contributed by atoms with E-state index < -0.39 is 35.6 Å². The van der Waals surface area contributed by atoms with Gasteiger partial charge in [0.1, 0.15) is 0 Å². The number of rotatable bonds is 3. The molecule has 3 N–H and O–H groups in total. The van der Waals surface area contributed by atoms with Gasteiger partial charge >= 0.3 is 13.2 Å². The number of benzene rings is 1. The Labute approximate surface area is 148 Å². The molecule has 1 aliphatic heterocycles. The van der Waals surface area contributed by atoms with E-state index in [1.165, 1.54) is 0 Å². The van der Waals surface area contributed by atoms with Gasteiger partial charge in [0, 0.05) is 12.8 Å². The second kappa shape index (κ2) is 5.46. The van der Waals surface area contributed by atoms with Crippen molar-refractivity contribution in [3.63, 3.8) is 0 Å². The van der Waals surface area contributed by atoms with E-state index in [4.69, 9.17) is 14.4 Å². The second-order valence-corrected chi connectivity index (χ2v) is 8.57. The van der Waals surface area contributed by atoms with Crippen LogP contribution in [0.2, 0.25) is 0 Å². The lowest BCUT2D eigenvalue weighted by Gasteiger charge is -2.51. The van der Waals surface area contributed by atoms with Gasteiger partial charge in [-0.05, 0) is 45.6 Å². The van der Waals surface area contributed by atoms with Crippen molar-refractivity contribution >= 4 is 18.7 Å². The summed E-state index contributed by atoms with van der Waals surface area (Å²) in [6.07, 6.45) is -0.393. The first kappa shape index (κ1) is 18.2. The van der Waals surface area contributed by atoms with Crippen LogP contribution in [0.5, 0.6) is 0 Å².